The van der Waals surface area contributed by atoms with Gasteiger partial charge in [-0.15, -0.1) is 12.4 Å². The van der Waals surface area contributed by atoms with Crippen LogP contribution < -0.4 is 0 Å². The number of halogens is 1. The molecule has 1 rings (SSSR count). The zero-order valence-corrected chi connectivity index (χ0v) is 11.6. The molecule has 1 saturated heterocycles. The fourth-order valence-corrected chi connectivity index (χ4v) is 1.66. The molecule has 0 N–H and O–H groups in total. The molecule has 0 saturated carbocycles. The van der Waals surface area contributed by atoms with Gasteiger partial charge in [-0.25, -0.2) is 4.79 Å². The van der Waals surface area contributed by atoms with Gasteiger partial charge in [0.05, 0.1) is 0 Å². The summed E-state index contributed by atoms with van der Waals surface area (Å²) in [5.74, 6) is 0. The summed E-state index contributed by atoms with van der Waals surface area (Å²) >= 11 is 0. The smallest absolute Gasteiger partial charge is 0.410 e. The van der Waals surface area contributed by atoms with Gasteiger partial charge in [-0.2, -0.15) is 0 Å². The summed E-state index contributed by atoms with van der Waals surface area (Å²) in [5.41, 5.74) is -0.396. The van der Waals surface area contributed by atoms with Crippen LogP contribution in [-0.2, 0) is 4.74 Å². The fourth-order valence-electron chi connectivity index (χ4n) is 1.66. The van der Waals surface area contributed by atoms with Crippen molar-refractivity contribution in [2.24, 2.45) is 0 Å². The molecule has 5 heteroatoms. The third kappa shape index (κ3) is 4.58. The topological polar surface area (TPSA) is 32.8 Å². The van der Waals surface area contributed by atoms with Crippen molar-refractivity contribution in [1.29, 1.82) is 0 Å². The Bertz CT molecular complexity index is 239. The predicted octanol–water partition coefficient (Wildman–Crippen LogP) is 1.98. The second-order valence-electron chi connectivity index (χ2n) is 5.33. The van der Waals surface area contributed by atoms with E-state index in [0.29, 0.717) is 6.04 Å². The van der Waals surface area contributed by atoms with E-state index in [4.69, 9.17) is 4.74 Å². The summed E-state index contributed by atoms with van der Waals surface area (Å²) in [7, 11) is 4.09. The van der Waals surface area contributed by atoms with Gasteiger partial charge in [-0.05, 0) is 41.3 Å². The van der Waals surface area contributed by atoms with E-state index in [9.17, 15) is 4.79 Å². The molecule has 1 unspecified atom stereocenters. The summed E-state index contributed by atoms with van der Waals surface area (Å²) < 4.78 is 5.32. The monoisotopic (exact) mass is 250 g/mol. The molecule has 4 nitrogen and oxygen atoms in total. The van der Waals surface area contributed by atoms with Crippen LogP contribution in [0.25, 0.3) is 0 Å². The first kappa shape index (κ1) is 15.5. The molecule has 16 heavy (non-hydrogen) atoms. The molecule has 1 aliphatic heterocycles. The number of likely N-dealkylation sites (tertiary alicyclic amines) is 1. The van der Waals surface area contributed by atoms with Gasteiger partial charge in [0.15, 0.2) is 0 Å². The number of carbonyl (C=O) groups excluding carboxylic acids is 1. The normalized spacial score (nSPS) is 20.9. The van der Waals surface area contributed by atoms with Crippen LogP contribution in [0, 0.1) is 0 Å². The standard InChI is InChI=1S/C11H22N2O2.ClH/c1-11(2,3)15-10(14)13-7-6-9(8-13)12(4)5;/h9H,6-8H2,1-5H3;1H. The summed E-state index contributed by atoms with van der Waals surface area (Å²) in [6.07, 6.45) is 0.846. The van der Waals surface area contributed by atoms with Crippen molar-refractivity contribution < 1.29 is 9.53 Å². The molecule has 1 aliphatic rings. The molecule has 1 fully saturated rings. The summed E-state index contributed by atoms with van der Waals surface area (Å²) in [5, 5.41) is 0. The Morgan fingerprint density at radius 2 is 1.94 bits per heavy atom. The Morgan fingerprint density at radius 1 is 1.38 bits per heavy atom. The van der Waals surface area contributed by atoms with Crippen molar-refractivity contribution in [1.82, 2.24) is 9.80 Å². The molecule has 0 spiro atoms. The number of carbonyl (C=O) groups is 1. The molecule has 0 aliphatic carbocycles. The highest BCUT2D eigenvalue weighted by atomic mass is 35.5. The van der Waals surface area contributed by atoms with E-state index in [-0.39, 0.29) is 18.5 Å². The first-order valence-electron chi connectivity index (χ1n) is 5.44. The van der Waals surface area contributed by atoms with Crippen LogP contribution in [-0.4, -0.2) is 54.7 Å². The largest absolute Gasteiger partial charge is 0.444 e. The van der Waals surface area contributed by atoms with E-state index in [1.54, 1.807) is 4.90 Å². The highest BCUT2D eigenvalue weighted by Gasteiger charge is 2.30. The molecule has 0 bridgehead atoms. The number of rotatable bonds is 1. The molecule has 0 aromatic rings. The minimum Gasteiger partial charge on any atom is -0.444 e. The van der Waals surface area contributed by atoms with Crippen molar-refractivity contribution in [2.75, 3.05) is 27.2 Å². The molecule has 1 heterocycles. The van der Waals surface area contributed by atoms with Gasteiger partial charge in [0.1, 0.15) is 5.60 Å². The van der Waals surface area contributed by atoms with Gasteiger partial charge in [-0.3, -0.25) is 0 Å². The SMILES string of the molecule is CN(C)C1CCN(C(=O)OC(C)(C)C)C1.Cl. The fraction of sp³-hybridized carbons (Fsp3) is 0.909. The lowest BCUT2D eigenvalue weighted by Gasteiger charge is -2.25. The average molecular weight is 251 g/mol. The van der Waals surface area contributed by atoms with Gasteiger partial charge in [0.25, 0.3) is 0 Å². The van der Waals surface area contributed by atoms with E-state index >= 15 is 0 Å². The van der Waals surface area contributed by atoms with Crippen molar-refractivity contribution in [3.05, 3.63) is 0 Å². The Labute approximate surface area is 104 Å². The van der Waals surface area contributed by atoms with Gasteiger partial charge in [0.2, 0.25) is 0 Å². The second-order valence-corrected chi connectivity index (χ2v) is 5.33. The lowest BCUT2D eigenvalue weighted by molar-refractivity contribution is 0.0285. The first-order valence-corrected chi connectivity index (χ1v) is 5.44. The molecule has 1 amide bonds. The zero-order chi connectivity index (χ0) is 11.6. The van der Waals surface area contributed by atoms with Crippen molar-refractivity contribution in [3.63, 3.8) is 0 Å². The van der Waals surface area contributed by atoms with Crippen LogP contribution in [0.1, 0.15) is 27.2 Å². The highest BCUT2D eigenvalue weighted by molar-refractivity contribution is 5.85. The van der Waals surface area contributed by atoms with Crippen LogP contribution in [0.3, 0.4) is 0 Å². The zero-order valence-electron chi connectivity index (χ0n) is 10.8. The number of amides is 1. The maximum absolute atomic E-state index is 11.7. The minimum absolute atomic E-state index is 0. The quantitative estimate of drug-likeness (QED) is 0.714. The van der Waals surface area contributed by atoms with Gasteiger partial charge >= 0.3 is 6.09 Å². The van der Waals surface area contributed by atoms with E-state index < -0.39 is 5.60 Å². The van der Waals surface area contributed by atoms with Crippen LogP contribution >= 0.6 is 12.4 Å². The van der Waals surface area contributed by atoms with Crippen molar-refractivity contribution in [2.45, 2.75) is 38.8 Å². The van der Waals surface area contributed by atoms with E-state index in [1.165, 1.54) is 0 Å². The molecular formula is C11H23ClN2O2. The third-order valence-corrected chi connectivity index (χ3v) is 2.55. The van der Waals surface area contributed by atoms with E-state index in [2.05, 4.69) is 4.90 Å². The number of likely N-dealkylation sites (N-methyl/N-ethyl adjacent to an activating group) is 1. The predicted molar refractivity (Wildman–Crippen MR) is 67.1 cm³/mol. The van der Waals surface area contributed by atoms with Crippen LogP contribution in [0.4, 0.5) is 4.79 Å². The van der Waals surface area contributed by atoms with Gasteiger partial charge in [-0.1, -0.05) is 0 Å². The van der Waals surface area contributed by atoms with E-state index in [0.717, 1.165) is 19.5 Å². The Morgan fingerprint density at radius 3 is 2.31 bits per heavy atom. The Balaban J connectivity index is 0.00000225. The summed E-state index contributed by atoms with van der Waals surface area (Å²) in [4.78, 5) is 15.7. The molecule has 96 valence electrons. The number of nitrogens with zero attached hydrogens (tertiary/aromatic N) is 2. The summed E-state index contributed by atoms with van der Waals surface area (Å²) in [6.45, 7) is 7.26. The average Bonchev–Trinajstić information content (AvgIpc) is 2.47. The Kier molecular flexibility index (Phi) is 5.56. The molecule has 1 atom stereocenters. The number of hydrogen-bond donors (Lipinski definition) is 0. The lowest BCUT2D eigenvalue weighted by Crippen LogP contribution is -2.37. The Hall–Kier alpha value is -0.480. The molecular weight excluding hydrogens is 228 g/mol. The van der Waals surface area contributed by atoms with Crippen LogP contribution in [0.15, 0.2) is 0 Å². The van der Waals surface area contributed by atoms with Crippen LogP contribution in [0.5, 0.6) is 0 Å². The van der Waals surface area contributed by atoms with Crippen molar-refractivity contribution >= 4 is 18.5 Å². The third-order valence-electron chi connectivity index (χ3n) is 2.55. The highest BCUT2D eigenvalue weighted by Crippen LogP contribution is 2.17. The van der Waals surface area contributed by atoms with E-state index in [1.807, 2.05) is 34.9 Å². The lowest BCUT2D eigenvalue weighted by atomic mass is 10.2. The maximum Gasteiger partial charge on any atom is 0.410 e. The molecule has 0 aromatic carbocycles. The second kappa shape index (κ2) is 5.73. The first-order chi connectivity index (χ1) is 6.79. The maximum atomic E-state index is 11.7. The van der Waals surface area contributed by atoms with Crippen molar-refractivity contribution in [3.8, 4) is 0 Å². The van der Waals surface area contributed by atoms with Crippen LogP contribution in [0.2, 0.25) is 0 Å². The number of hydrogen-bond acceptors (Lipinski definition) is 3. The van der Waals surface area contributed by atoms with Gasteiger partial charge in [0, 0.05) is 19.1 Å². The van der Waals surface area contributed by atoms with Gasteiger partial charge < -0.3 is 14.5 Å². The molecule has 0 aromatic heterocycles. The minimum atomic E-state index is -0.396. The number of ether oxygens (including phenoxy) is 1. The molecule has 0 radical (unpaired) electrons. The summed E-state index contributed by atoms with van der Waals surface area (Å²) in [6, 6.07) is 0.470.